The minimum Gasteiger partial charge on any atom is -0.399 e. The van der Waals surface area contributed by atoms with Crippen molar-refractivity contribution in [1.82, 2.24) is 0 Å². The van der Waals surface area contributed by atoms with Crippen molar-refractivity contribution in [2.24, 2.45) is 0 Å². The second-order valence-corrected chi connectivity index (χ2v) is 5.89. The molecule has 6 heteroatoms. The Morgan fingerprint density at radius 1 is 1.15 bits per heavy atom. The fraction of sp³-hybridized carbons (Fsp3) is 0.0714. The van der Waals surface area contributed by atoms with E-state index in [0.717, 1.165) is 4.90 Å². The van der Waals surface area contributed by atoms with Crippen molar-refractivity contribution in [3.8, 4) is 0 Å². The Bertz CT molecular complexity index is 617. The highest BCUT2D eigenvalue weighted by atomic mass is 35.5. The average Bonchev–Trinajstić information content (AvgIpc) is 2.42. The maximum Gasteiger partial charge on any atom is 0.234 e. The molecule has 0 bridgehead atoms. The van der Waals surface area contributed by atoms with Crippen LogP contribution in [-0.4, -0.2) is 11.7 Å². The number of thioether (sulfide) groups is 1. The van der Waals surface area contributed by atoms with Gasteiger partial charge in [0.25, 0.3) is 0 Å². The standard InChI is InChI=1S/C14H12Cl2N2OS/c15-9-1-4-11(5-2-9)18-14(19)8-20-13-7-10(17)3-6-12(13)16/h1-7H,8,17H2,(H,18,19). The molecule has 104 valence electrons. The van der Waals surface area contributed by atoms with Gasteiger partial charge in [0.1, 0.15) is 0 Å². The highest BCUT2D eigenvalue weighted by molar-refractivity contribution is 8.00. The van der Waals surface area contributed by atoms with Crippen molar-refractivity contribution < 1.29 is 4.79 Å². The van der Waals surface area contributed by atoms with Crippen LogP contribution in [0.4, 0.5) is 11.4 Å². The van der Waals surface area contributed by atoms with Crippen LogP contribution in [0.25, 0.3) is 0 Å². The number of rotatable bonds is 4. The van der Waals surface area contributed by atoms with Crippen molar-refractivity contribution in [2.45, 2.75) is 4.90 Å². The van der Waals surface area contributed by atoms with E-state index in [1.54, 1.807) is 42.5 Å². The molecule has 2 aromatic rings. The molecule has 1 amide bonds. The largest absolute Gasteiger partial charge is 0.399 e. The number of nitrogen functional groups attached to an aromatic ring is 1. The van der Waals surface area contributed by atoms with Gasteiger partial charge < -0.3 is 11.1 Å². The molecule has 0 saturated heterocycles. The second-order valence-electron chi connectivity index (χ2n) is 4.03. The number of amides is 1. The smallest absolute Gasteiger partial charge is 0.234 e. The molecule has 2 rings (SSSR count). The topological polar surface area (TPSA) is 55.1 Å². The quantitative estimate of drug-likeness (QED) is 0.650. The van der Waals surface area contributed by atoms with E-state index in [1.165, 1.54) is 11.8 Å². The third kappa shape index (κ3) is 4.34. The SMILES string of the molecule is Nc1ccc(Cl)c(SCC(=O)Nc2ccc(Cl)cc2)c1. The maximum absolute atomic E-state index is 11.8. The molecule has 0 aromatic heterocycles. The monoisotopic (exact) mass is 326 g/mol. The van der Waals surface area contributed by atoms with E-state index in [-0.39, 0.29) is 11.7 Å². The Kier molecular flexibility index (Phi) is 5.17. The van der Waals surface area contributed by atoms with Crippen LogP contribution in [0.1, 0.15) is 0 Å². The highest BCUT2D eigenvalue weighted by Gasteiger charge is 2.07. The zero-order valence-electron chi connectivity index (χ0n) is 10.4. The molecule has 0 saturated carbocycles. The Morgan fingerprint density at radius 2 is 1.85 bits per heavy atom. The van der Waals surface area contributed by atoms with E-state index in [9.17, 15) is 4.79 Å². The molecule has 0 fully saturated rings. The summed E-state index contributed by atoms with van der Waals surface area (Å²) < 4.78 is 0. The minimum absolute atomic E-state index is 0.115. The summed E-state index contributed by atoms with van der Waals surface area (Å²) in [5.74, 6) is 0.141. The summed E-state index contributed by atoms with van der Waals surface area (Å²) in [6, 6.07) is 12.1. The fourth-order valence-electron chi connectivity index (χ4n) is 1.50. The third-order valence-electron chi connectivity index (χ3n) is 2.44. The van der Waals surface area contributed by atoms with E-state index in [1.807, 2.05) is 0 Å². The molecule has 0 spiro atoms. The maximum atomic E-state index is 11.8. The predicted molar refractivity (Wildman–Crippen MR) is 86.7 cm³/mol. The lowest BCUT2D eigenvalue weighted by Crippen LogP contribution is -2.13. The number of hydrogen-bond donors (Lipinski definition) is 2. The number of halogens is 2. The molecule has 0 atom stereocenters. The first-order valence-corrected chi connectivity index (χ1v) is 7.52. The van der Waals surface area contributed by atoms with Crippen molar-refractivity contribution in [3.63, 3.8) is 0 Å². The van der Waals surface area contributed by atoms with Gasteiger partial charge in [0.15, 0.2) is 0 Å². The number of carbonyl (C=O) groups excluding carboxylic acids is 1. The first kappa shape index (κ1) is 15.0. The van der Waals surface area contributed by atoms with Crippen LogP contribution in [0.3, 0.4) is 0 Å². The molecule has 3 N–H and O–H groups in total. The lowest BCUT2D eigenvalue weighted by Gasteiger charge is -2.07. The first-order chi connectivity index (χ1) is 9.54. The van der Waals surface area contributed by atoms with Crippen LogP contribution in [0.5, 0.6) is 0 Å². The van der Waals surface area contributed by atoms with Gasteiger partial charge >= 0.3 is 0 Å². The summed E-state index contributed by atoms with van der Waals surface area (Å²) in [7, 11) is 0. The fourth-order valence-corrected chi connectivity index (χ4v) is 2.70. The van der Waals surface area contributed by atoms with Crippen LogP contribution in [-0.2, 0) is 4.79 Å². The van der Waals surface area contributed by atoms with E-state index in [2.05, 4.69) is 5.32 Å². The summed E-state index contributed by atoms with van der Waals surface area (Å²) >= 11 is 13.2. The summed E-state index contributed by atoms with van der Waals surface area (Å²) in [5.41, 5.74) is 7.01. The van der Waals surface area contributed by atoms with E-state index in [4.69, 9.17) is 28.9 Å². The van der Waals surface area contributed by atoms with Crippen LogP contribution in [0, 0.1) is 0 Å². The molecule has 0 radical (unpaired) electrons. The number of nitrogens with two attached hydrogens (primary N) is 1. The molecular weight excluding hydrogens is 315 g/mol. The van der Waals surface area contributed by atoms with Crippen molar-refractivity contribution in [3.05, 3.63) is 52.5 Å². The van der Waals surface area contributed by atoms with Crippen LogP contribution >= 0.6 is 35.0 Å². The Morgan fingerprint density at radius 3 is 2.55 bits per heavy atom. The Hall–Kier alpha value is -1.36. The summed E-state index contributed by atoms with van der Waals surface area (Å²) in [5, 5.41) is 4.00. The number of hydrogen-bond acceptors (Lipinski definition) is 3. The molecule has 3 nitrogen and oxygen atoms in total. The van der Waals surface area contributed by atoms with Crippen molar-refractivity contribution >= 4 is 52.2 Å². The number of anilines is 2. The van der Waals surface area contributed by atoms with Gasteiger partial charge in [-0.2, -0.15) is 0 Å². The molecular formula is C14H12Cl2N2OS. The molecule has 0 aliphatic rings. The lowest BCUT2D eigenvalue weighted by molar-refractivity contribution is -0.113. The van der Waals surface area contributed by atoms with Gasteiger partial charge in [-0.3, -0.25) is 4.79 Å². The normalized spacial score (nSPS) is 10.3. The zero-order valence-corrected chi connectivity index (χ0v) is 12.7. The highest BCUT2D eigenvalue weighted by Crippen LogP contribution is 2.29. The van der Waals surface area contributed by atoms with Crippen molar-refractivity contribution in [1.29, 1.82) is 0 Å². The van der Waals surface area contributed by atoms with E-state index < -0.39 is 0 Å². The zero-order chi connectivity index (χ0) is 14.5. The van der Waals surface area contributed by atoms with Gasteiger partial charge in [-0.1, -0.05) is 23.2 Å². The van der Waals surface area contributed by atoms with Gasteiger partial charge in [0, 0.05) is 21.3 Å². The predicted octanol–water partition coefficient (Wildman–Crippen LogP) is 4.31. The van der Waals surface area contributed by atoms with Gasteiger partial charge in [-0.25, -0.2) is 0 Å². The second kappa shape index (κ2) is 6.88. The molecule has 20 heavy (non-hydrogen) atoms. The molecule has 2 aromatic carbocycles. The molecule has 0 unspecified atom stereocenters. The number of carbonyl (C=O) groups is 1. The third-order valence-corrected chi connectivity index (χ3v) is 4.19. The molecule has 0 heterocycles. The van der Waals surface area contributed by atoms with E-state index in [0.29, 0.717) is 21.4 Å². The van der Waals surface area contributed by atoms with Crippen LogP contribution < -0.4 is 11.1 Å². The Balaban J connectivity index is 1.92. The Labute approximate surface area is 131 Å². The summed E-state index contributed by atoms with van der Waals surface area (Å²) in [4.78, 5) is 12.6. The number of nitrogens with one attached hydrogen (secondary N) is 1. The average molecular weight is 327 g/mol. The van der Waals surface area contributed by atoms with Gasteiger partial charge in [-0.05, 0) is 42.5 Å². The summed E-state index contributed by atoms with van der Waals surface area (Å²) in [6.07, 6.45) is 0. The van der Waals surface area contributed by atoms with Gasteiger partial charge in [0.2, 0.25) is 5.91 Å². The van der Waals surface area contributed by atoms with Crippen molar-refractivity contribution in [2.75, 3.05) is 16.8 Å². The lowest BCUT2D eigenvalue weighted by atomic mass is 10.3. The van der Waals surface area contributed by atoms with Gasteiger partial charge in [0.05, 0.1) is 10.8 Å². The molecule has 0 aliphatic carbocycles. The first-order valence-electron chi connectivity index (χ1n) is 5.78. The molecule has 0 aliphatic heterocycles. The van der Waals surface area contributed by atoms with Crippen LogP contribution in [0.2, 0.25) is 10.0 Å². The van der Waals surface area contributed by atoms with Crippen LogP contribution in [0.15, 0.2) is 47.4 Å². The minimum atomic E-state index is -0.115. The van der Waals surface area contributed by atoms with E-state index >= 15 is 0 Å². The number of benzene rings is 2. The van der Waals surface area contributed by atoms with Gasteiger partial charge in [-0.15, -0.1) is 11.8 Å². The summed E-state index contributed by atoms with van der Waals surface area (Å²) in [6.45, 7) is 0.